The molecule has 0 fully saturated rings. The van der Waals surface area contributed by atoms with Gasteiger partial charge in [-0.2, -0.15) is 0 Å². The van der Waals surface area contributed by atoms with Crippen LogP contribution in [0, 0.1) is 24.3 Å². The largest absolute Gasteiger partial charge is 0.400 e. The summed E-state index contributed by atoms with van der Waals surface area (Å²) < 4.78 is 0. The second-order valence-electron chi connectivity index (χ2n) is 15.7. The van der Waals surface area contributed by atoms with Crippen LogP contribution in [0.2, 0.25) is 0 Å². The number of aliphatic hydroxyl groups excluding tert-OH is 2. The first-order chi connectivity index (χ1) is 37.8. The molecular formula is C69H57Ir2N5O2-4. The second-order valence-corrected chi connectivity index (χ2v) is 15.7. The third kappa shape index (κ3) is 20.9. The normalized spacial score (nSPS) is 9.33. The van der Waals surface area contributed by atoms with Crippen LogP contribution in [-0.4, -0.2) is 49.4 Å². The zero-order valence-electron chi connectivity index (χ0n) is 43.1. The van der Waals surface area contributed by atoms with Gasteiger partial charge in [0, 0.05) is 91.0 Å². The van der Waals surface area contributed by atoms with Crippen LogP contribution >= 0.6 is 0 Å². The van der Waals surface area contributed by atoms with Crippen molar-refractivity contribution in [1.29, 1.82) is 0 Å². The zero-order valence-corrected chi connectivity index (χ0v) is 47.9. The van der Waals surface area contributed by atoms with E-state index in [1.807, 2.05) is 200 Å². The van der Waals surface area contributed by atoms with E-state index >= 15 is 0 Å². The smallest absolute Gasteiger partial charge is 0.0701 e. The summed E-state index contributed by atoms with van der Waals surface area (Å²) in [5, 5.41) is 14.0. The van der Waals surface area contributed by atoms with Gasteiger partial charge in [-0.15, -0.1) is 138 Å². The van der Waals surface area contributed by atoms with E-state index < -0.39 is 0 Å². The van der Waals surface area contributed by atoms with Gasteiger partial charge in [0.2, 0.25) is 0 Å². The van der Waals surface area contributed by atoms with Gasteiger partial charge in [0.05, 0.1) is 5.69 Å². The van der Waals surface area contributed by atoms with E-state index in [2.05, 4.69) is 122 Å². The molecule has 0 atom stereocenters. The van der Waals surface area contributed by atoms with Gasteiger partial charge in [0.25, 0.3) is 0 Å². The molecule has 12 aromatic rings. The summed E-state index contributed by atoms with van der Waals surface area (Å²) in [6.07, 6.45) is 8.98. The standard InChI is InChI=1S/C17H13N.C17H12N.3C11H8N.2CH4O.2Ir/c2*1-2-6-14(7-3-1)15-9-11-16(12-10-15)17-8-4-5-13-18-17;3*1-2-6-10(7-3-1)11-8-4-5-9-12-11;2*1-2;;/h1-13H;1-11,13H;3*1-6,8-9H;2*2H,1H3;;/q;4*-1;;;;. The maximum Gasteiger partial charge on any atom is 0.0701 e. The van der Waals surface area contributed by atoms with Crippen molar-refractivity contribution in [1.82, 2.24) is 24.9 Å². The summed E-state index contributed by atoms with van der Waals surface area (Å²) in [6, 6.07) is 101. The Labute approximate surface area is 486 Å². The fourth-order valence-corrected chi connectivity index (χ4v) is 7.14. The summed E-state index contributed by atoms with van der Waals surface area (Å²) in [5.74, 6) is 0. The Morgan fingerprint density at radius 3 is 0.795 bits per heavy atom. The second kappa shape index (κ2) is 37.3. The van der Waals surface area contributed by atoms with Crippen LogP contribution in [0.25, 0.3) is 78.5 Å². The summed E-state index contributed by atoms with van der Waals surface area (Å²) in [5.41, 5.74) is 15.0. The number of aliphatic hydroxyl groups is 2. The van der Waals surface area contributed by atoms with Crippen molar-refractivity contribution in [2.24, 2.45) is 0 Å². The van der Waals surface area contributed by atoms with Gasteiger partial charge in [0.1, 0.15) is 0 Å². The average molecular weight is 1370 g/mol. The number of rotatable bonds is 7. The number of pyridine rings is 5. The fourth-order valence-electron chi connectivity index (χ4n) is 7.14. The molecule has 0 saturated carbocycles. The number of aromatic nitrogens is 5. The number of nitrogens with zero attached hydrogens (tertiary/aromatic N) is 5. The number of hydrogen-bond donors (Lipinski definition) is 2. The molecule has 0 bridgehead atoms. The quantitative estimate of drug-likeness (QED) is 0.153. The molecule has 12 rings (SSSR count). The molecule has 78 heavy (non-hydrogen) atoms. The number of benzene rings is 7. The molecular weight excluding hydrogens is 1320 g/mol. The molecule has 0 aliphatic heterocycles. The molecule has 2 N–H and O–H groups in total. The minimum absolute atomic E-state index is 0. The maximum atomic E-state index is 7.00. The van der Waals surface area contributed by atoms with Gasteiger partial charge < -0.3 is 30.1 Å². The molecule has 7 nitrogen and oxygen atoms in total. The van der Waals surface area contributed by atoms with Crippen LogP contribution < -0.4 is 0 Å². The van der Waals surface area contributed by atoms with Crippen molar-refractivity contribution in [3.63, 3.8) is 0 Å². The number of hydrogen-bond acceptors (Lipinski definition) is 7. The van der Waals surface area contributed by atoms with E-state index in [4.69, 9.17) is 10.2 Å². The summed E-state index contributed by atoms with van der Waals surface area (Å²) in [4.78, 5) is 21.3. The topological polar surface area (TPSA) is 105 Å². The molecule has 9 heteroatoms. The zero-order chi connectivity index (χ0) is 53.1. The Morgan fingerprint density at radius 1 is 0.231 bits per heavy atom. The first-order valence-electron chi connectivity index (χ1n) is 24.4. The summed E-state index contributed by atoms with van der Waals surface area (Å²) in [7, 11) is 2.00. The molecule has 7 aromatic carbocycles. The molecule has 0 saturated heterocycles. The summed E-state index contributed by atoms with van der Waals surface area (Å²) in [6.45, 7) is 0. The predicted molar refractivity (Wildman–Crippen MR) is 311 cm³/mol. The first kappa shape index (κ1) is 62.1. The van der Waals surface area contributed by atoms with E-state index in [9.17, 15) is 0 Å². The SMILES string of the molecule is CO.CO.[Ir].[Ir].[c-]1cc(-c2ccccc2)ccc1-c1ccccn1.[c-]1ccccc1-c1ccccn1.[c-]1ccccc1-c1ccccn1.[c-]1ccccc1-c1ccccn1.c1ccc(-c2ccc(-c3ccccn3)cc2)cc1. The average Bonchev–Trinajstić information content (AvgIpc) is 3.56. The van der Waals surface area contributed by atoms with Gasteiger partial charge in [-0.3, -0.25) is 4.98 Å². The van der Waals surface area contributed by atoms with Crippen molar-refractivity contribution in [3.05, 3.63) is 322 Å². The van der Waals surface area contributed by atoms with Crippen LogP contribution in [0.5, 0.6) is 0 Å². The van der Waals surface area contributed by atoms with E-state index in [-0.39, 0.29) is 40.2 Å². The minimum atomic E-state index is 0. The Morgan fingerprint density at radius 2 is 0.500 bits per heavy atom. The van der Waals surface area contributed by atoms with Crippen molar-refractivity contribution in [2.45, 2.75) is 0 Å². The summed E-state index contributed by atoms with van der Waals surface area (Å²) >= 11 is 0. The molecule has 5 heterocycles. The van der Waals surface area contributed by atoms with Gasteiger partial charge in [0.15, 0.2) is 0 Å². The van der Waals surface area contributed by atoms with E-state index in [1.54, 1.807) is 24.8 Å². The predicted octanol–water partition coefficient (Wildman–Crippen LogP) is 15.5. The molecule has 0 aliphatic rings. The Kier molecular flexibility index (Phi) is 29.7. The fraction of sp³-hybridized carbons (Fsp3) is 0.0290. The minimum Gasteiger partial charge on any atom is -0.400 e. The van der Waals surface area contributed by atoms with Crippen LogP contribution in [0.1, 0.15) is 0 Å². The molecule has 5 aromatic heterocycles. The molecule has 0 aliphatic carbocycles. The Balaban J connectivity index is 0.000000208. The van der Waals surface area contributed by atoms with Crippen LogP contribution in [0.15, 0.2) is 298 Å². The Bertz CT molecular complexity index is 2800. The molecule has 0 amide bonds. The van der Waals surface area contributed by atoms with Crippen molar-refractivity contribution < 1.29 is 50.4 Å². The maximum absolute atomic E-state index is 7.00. The first-order valence-corrected chi connectivity index (χ1v) is 24.4. The van der Waals surface area contributed by atoms with Gasteiger partial charge in [-0.25, -0.2) is 0 Å². The van der Waals surface area contributed by atoms with E-state index in [0.29, 0.717) is 0 Å². The monoisotopic (exact) mass is 1370 g/mol. The van der Waals surface area contributed by atoms with Crippen LogP contribution in [0.3, 0.4) is 0 Å². The van der Waals surface area contributed by atoms with Gasteiger partial charge >= 0.3 is 0 Å². The van der Waals surface area contributed by atoms with E-state index in [0.717, 1.165) is 70.5 Å². The van der Waals surface area contributed by atoms with Gasteiger partial charge in [-0.05, 0) is 70.3 Å². The van der Waals surface area contributed by atoms with Gasteiger partial charge in [-0.1, -0.05) is 151 Å². The Hall–Kier alpha value is -8.49. The van der Waals surface area contributed by atoms with Crippen LogP contribution in [0.4, 0.5) is 0 Å². The molecule has 0 unspecified atom stereocenters. The third-order valence-corrected chi connectivity index (χ3v) is 10.8. The molecule has 2 radical (unpaired) electrons. The van der Waals surface area contributed by atoms with Crippen molar-refractivity contribution >= 4 is 0 Å². The molecule has 392 valence electrons. The van der Waals surface area contributed by atoms with Crippen LogP contribution in [-0.2, 0) is 40.2 Å². The van der Waals surface area contributed by atoms with Crippen molar-refractivity contribution in [3.8, 4) is 78.5 Å². The molecule has 0 spiro atoms. The third-order valence-electron chi connectivity index (χ3n) is 10.8. The van der Waals surface area contributed by atoms with E-state index in [1.165, 1.54) is 22.3 Å². The van der Waals surface area contributed by atoms with Crippen molar-refractivity contribution in [2.75, 3.05) is 14.2 Å².